The molecule has 0 aliphatic heterocycles. The third-order valence-electron chi connectivity index (χ3n) is 4.68. The van der Waals surface area contributed by atoms with Crippen LogP contribution in [0.1, 0.15) is 52.2 Å². The molecular weight excluding hydrogens is 288 g/mol. The first-order valence-corrected chi connectivity index (χ1v) is 8.16. The van der Waals surface area contributed by atoms with Gasteiger partial charge in [0.15, 0.2) is 0 Å². The second-order valence-corrected chi connectivity index (χ2v) is 7.59. The van der Waals surface area contributed by atoms with Crippen molar-refractivity contribution in [3.63, 3.8) is 0 Å². The van der Waals surface area contributed by atoms with Crippen molar-refractivity contribution >= 4 is 15.9 Å². The van der Waals surface area contributed by atoms with E-state index in [1.807, 2.05) is 6.07 Å². The van der Waals surface area contributed by atoms with Gasteiger partial charge in [0.2, 0.25) is 0 Å². The second-order valence-electron chi connectivity index (χ2n) is 7.03. The Bertz CT molecular complexity index is 353. The molecule has 1 saturated carbocycles. The maximum absolute atomic E-state index is 5.54. The van der Waals surface area contributed by atoms with Gasteiger partial charge in [-0.05, 0) is 54.6 Å². The van der Waals surface area contributed by atoms with Gasteiger partial charge in [-0.15, -0.1) is 0 Å². The molecule has 0 atom stereocenters. The predicted molar refractivity (Wildman–Crippen MR) is 80.1 cm³/mol. The summed E-state index contributed by atoms with van der Waals surface area (Å²) in [6.07, 6.45) is 8.23. The highest BCUT2D eigenvalue weighted by Crippen LogP contribution is 2.47. The van der Waals surface area contributed by atoms with Gasteiger partial charge >= 0.3 is 0 Å². The third kappa shape index (κ3) is 3.20. The van der Waals surface area contributed by atoms with Crippen molar-refractivity contribution in [1.29, 1.82) is 0 Å². The summed E-state index contributed by atoms with van der Waals surface area (Å²) in [5.74, 6) is 2.02. The molecule has 1 aromatic rings. The van der Waals surface area contributed by atoms with Gasteiger partial charge in [-0.1, -0.05) is 36.7 Å². The summed E-state index contributed by atoms with van der Waals surface area (Å²) in [5, 5.41) is 1.09. The molecular formula is C16H25BrO. The molecule has 0 bridgehead atoms. The molecule has 0 unspecified atom stereocenters. The number of alkyl halides is 1. The lowest BCUT2D eigenvalue weighted by Gasteiger charge is -2.43. The molecule has 1 heterocycles. The molecule has 1 aromatic heterocycles. The first-order chi connectivity index (χ1) is 8.45. The van der Waals surface area contributed by atoms with Crippen molar-refractivity contribution in [3.05, 3.63) is 24.2 Å². The van der Waals surface area contributed by atoms with Crippen LogP contribution in [0.15, 0.2) is 22.8 Å². The molecule has 1 nitrogen and oxygen atoms in total. The Balaban J connectivity index is 2.00. The Morgan fingerprint density at radius 3 is 2.44 bits per heavy atom. The van der Waals surface area contributed by atoms with E-state index in [1.165, 1.54) is 25.7 Å². The van der Waals surface area contributed by atoms with E-state index in [0.717, 1.165) is 23.4 Å². The van der Waals surface area contributed by atoms with Crippen molar-refractivity contribution < 1.29 is 4.42 Å². The minimum Gasteiger partial charge on any atom is -0.469 e. The van der Waals surface area contributed by atoms with E-state index in [9.17, 15) is 0 Å². The summed E-state index contributed by atoms with van der Waals surface area (Å²) in [4.78, 5) is 0. The lowest BCUT2D eigenvalue weighted by molar-refractivity contribution is 0.0997. The van der Waals surface area contributed by atoms with Gasteiger partial charge in [-0.2, -0.15) is 0 Å². The van der Waals surface area contributed by atoms with Crippen LogP contribution >= 0.6 is 15.9 Å². The van der Waals surface area contributed by atoms with E-state index in [4.69, 9.17) is 4.42 Å². The van der Waals surface area contributed by atoms with Gasteiger partial charge in [-0.25, -0.2) is 0 Å². The van der Waals surface area contributed by atoms with Crippen LogP contribution in [0.4, 0.5) is 0 Å². The maximum Gasteiger partial charge on any atom is 0.104 e. The molecule has 2 rings (SSSR count). The number of rotatable bonds is 3. The van der Waals surface area contributed by atoms with Crippen molar-refractivity contribution in [1.82, 2.24) is 0 Å². The van der Waals surface area contributed by atoms with E-state index < -0.39 is 0 Å². The molecule has 1 aliphatic rings. The van der Waals surface area contributed by atoms with Gasteiger partial charge in [-0.3, -0.25) is 0 Å². The van der Waals surface area contributed by atoms with Crippen LogP contribution in [0.25, 0.3) is 0 Å². The topological polar surface area (TPSA) is 13.1 Å². The zero-order valence-corrected chi connectivity index (χ0v) is 13.4. The molecule has 0 saturated heterocycles. The summed E-state index contributed by atoms with van der Waals surface area (Å²) in [7, 11) is 0. The highest BCUT2D eigenvalue weighted by molar-refractivity contribution is 9.09. The Kier molecular flexibility index (Phi) is 4.25. The molecule has 0 amide bonds. The predicted octanol–water partition coefficient (Wildman–Crippen LogP) is 5.44. The Morgan fingerprint density at radius 2 is 2.00 bits per heavy atom. The fourth-order valence-electron chi connectivity index (χ4n) is 3.24. The second kappa shape index (κ2) is 5.40. The van der Waals surface area contributed by atoms with Gasteiger partial charge in [0.05, 0.1) is 6.26 Å². The van der Waals surface area contributed by atoms with Crippen molar-refractivity contribution in [2.45, 2.75) is 52.9 Å². The number of furan rings is 1. The van der Waals surface area contributed by atoms with Crippen LogP contribution in [0.3, 0.4) is 0 Å². The minimum atomic E-state index is 0.416. The van der Waals surface area contributed by atoms with E-state index in [-0.39, 0.29) is 0 Å². The highest BCUT2D eigenvalue weighted by Gasteiger charge is 2.38. The monoisotopic (exact) mass is 312 g/mol. The normalized spacial score (nSPS) is 29.4. The highest BCUT2D eigenvalue weighted by atomic mass is 79.9. The molecule has 0 radical (unpaired) electrons. The largest absolute Gasteiger partial charge is 0.469 e. The average Bonchev–Trinajstić information content (AvgIpc) is 2.81. The summed E-state index contributed by atoms with van der Waals surface area (Å²) in [5.41, 5.74) is 0.878. The van der Waals surface area contributed by atoms with Crippen molar-refractivity contribution in [2.24, 2.45) is 16.7 Å². The average molecular weight is 313 g/mol. The molecule has 18 heavy (non-hydrogen) atoms. The van der Waals surface area contributed by atoms with E-state index in [1.54, 1.807) is 6.26 Å². The fourth-order valence-corrected chi connectivity index (χ4v) is 4.00. The number of hydrogen-bond acceptors (Lipinski definition) is 1. The van der Waals surface area contributed by atoms with Gasteiger partial charge in [0.1, 0.15) is 5.76 Å². The number of halogens is 1. The zero-order valence-electron chi connectivity index (χ0n) is 11.8. The fraction of sp³-hybridized carbons (Fsp3) is 0.750. The molecule has 2 heteroatoms. The first-order valence-electron chi connectivity index (χ1n) is 7.04. The van der Waals surface area contributed by atoms with Crippen LogP contribution < -0.4 is 0 Å². The van der Waals surface area contributed by atoms with Crippen molar-refractivity contribution in [3.8, 4) is 0 Å². The molecule has 0 spiro atoms. The summed E-state index contributed by atoms with van der Waals surface area (Å²) >= 11 is 3.74. The Hall–Kier alpha value is -0.240. The third-order valence-corrected chi connectivity index (χ3v) is 5.87. The van der Waals surface area contributed by atoms with Crippen LogP contribution in [0.5, 0.6) is 0 Å². The van der Waals surface area contributed by atoms with Gasteiger partial charge in [0, 0.05) is 11.8 Å². The Morgan fingerprint density at radius 1 is 1.33 bits per heavy atom. The van der Waals surface area contributed by atoms with Crippen LogP contribution in [-0.2, 0) is 6.42 Å². The molecule has 0 aromatic carbocycles. The maximum atomic E-state index is 5.54. The zero-order chi connectivity index (χ0) is 13.2. The van der Waals surface area contributed by atoms with Crippen LogP contribution in [0.2, 0.25) is 0 Å². The van der Waals surface area contributed by atoms with Crippen molar-refractivity contribution in [2.75, 3.05) is 5.33 Å². The lowest BCUT2D eigenvalue weighted by atomic mass is 9.63. The molecule has 1 fully saturated rings. The smallest absolute Gasteiger partial charge is 0.104 e. The van der Waals surface area contributed by atoms with Gasteiger partial charge in [0.25, 0.3) is 0 Å². The standard InChI is InChI=1S/C16H25BrO/c1-15(2,3)13-6-8-16(12-17,9-7-13)11-14-5-4-10-18-14/h4-5,10,13H,6-9,11-12H2,1-3H3. The Labute approximate surface area is 119 Å². The molecule has 0 N–H and O–H groups in total. The van der Waals surface area contributed by atoms with E-state index >= 15 is 0 Å². The van der Waals surface area contributed by atoms with E-state index in [0.29, 0.717) is 10.8 Å². The molecule has 102 valence electrons. The minimum absolute atomic E-state index is 0.416. The quantitative estimate of drug-likeness (QED) is 0.677. The first kappa shape index (κ1) is 14.2. The van der Waals surface area contributed by atoms with E-state index in [2.05, 4.69) is 42.8 Å². The van der Waals surface area contributed by atoms with Crippen LogP contribution in [-0.4, -0.2) is 5.33 Å². The van der Waals surface area contributed by atoms with Crippen LogP contribution in [0, 0.1) is 16.7 Å². The summed E-state index contributed by atoms with van der Waals surface area (Å²) in [6, 6.07) is 4.11. The molecule has 1 aliphatic carbocycles. The summed E-state index contributed by atoms with van der Waals surface area (Å²) in [6.45, 7) is 7.14. The van der Waals surface area contributed by atoms with Gasteiger partial charge < -0.3 is 4.42 Å². The summed E-state index contributed by atoms with van der Waals surface area (Å²) < 4.78 is 5.54. The lowest BCUT2D eigenvalue weighted by Crippen LogP contribution is -2.35. The number of hydrogen-bond donors (Lipinski definition) is 0. The SMILES string of the molecule is CC(C)(C)C1CCC(CBr)(Cc2ccco2)CC1.